The van der Waals surface area contributed by atoms with Gasteiger partial charge in [0.1, 0.15) is 0 Å². The molecule has 0 aromatic heterocycles. The number of aryl methyl sites for hydroxylation is 1. The molecule has 1 aliphatic rings. The number of carbonyl (C=O) groups excluding carboxylic acids is 1. The van der Waals surface area contributed by atoms with Gasteiger partial charge in [0.15, 0.2) is 5.71 Å². The average molecular weight is 327 g/mol. The summed E-state index contributed by atoms with van der Waals surface area (Å²) in [5, 5.41) is 6.14. The number of benzene rings is 2. The summed E-state index contributed by atoms with van der Waals surface area (Å²) < 4.78 is 0. The summed E-state index contributed by atoms with van der Waals surface area (Å²) in [6.45, 7) is 5.74. The number of hydrazone groups is 1. The highest BCUT2D eigenvalue weighted by Crippen LogP contribution is 2.25. The molecule has 2 aromatic carbocycles. The predicted octanol–water partition coefficient (Wildman–Crippen LogP) is 3.48. The minimum absolute atomic E-state index is 0.214. The highest BCUT2D eigenvalue weighted by Gasteiger charge is 2.32. The monoisotopic (exact) mass is 326 g/mol. The van der Waals surface area contributed by atoms with Crippen LogP contribution in [0.1, 0.15) is 5.56 Å². The molecule has 6 heteroatoms. The second-order valence-electron chi connectivity index (χ2n) is 5.08. The SMILES string of the molecule is C=C1NN(c2ccccc2)C(=O)C1=NNc1cccc(C)c1Cl. The van der Waals surface area contributed by atoms with E-state index in [1.54, 1.807) is 6.07 Å². The Kier molecular flexibility index (Phi) is 4.04. The van der Waals surface area contributed by atoms with Crippen molar-refractivity contribution in [2.45, 2.75) is 6.92 Å². The molecular formula is C17H15ClN4O. The lowest BCUT2D eigenvalue weighted by molar-refractivity contribution is -0.112. The van der Waals surface area contributed by atoms with Gasteiger partial charge < -0.3 is 0 Å². The van der Waals surface area contributed by atoms with Crippen molar-refractivity contribution in [1.82, 2.24) is 5.43 Å². The summed E-state index contributed by atoms with van der Waals surface area (Å²) in [5.41, 5.74) is 8.68. The van der Waals surface area contributed by atoms with E-state index >= 15 is 0 Å². The Morgan fingerprint density at radius 3 is 2.65 bits per heavy atom. The molecular weight excluding hydrogens is 312 g/mol. The number of hydrogen-bond acceptors (Lipinski definition) is 4. The predicted molar refractivity (Wildman–Crippen MR) is 93.5 cm³/mol. The number of halogens is 1. The topological polar surface area (TPSA) is 56.7 Å². The van der Waals surface area contributed by atoms with Gasteiger partial charge in [-0.1, -0.05) is 48.5 Å². The fourth-order valence-electron chi connectivity index (χ4n) is 2.20. The van der Waals surface area contributed by atoms with Crippen LogP contribution in [0.5, 0.6) is 0 Å². The largest absolute Gasteiger partial charge is 0.299 e. The molecule has 0 unspecified atom stereocenters. The van der Waals surface area contributed by atoms with Crippen LogP contribution in [0.4, 0.5) is 11.4 Å². The minimum atomic E-state index is -0.280. The molecule has 3 rings (SSSR count). The molecule has 1 heterocycles. The molecule has 2 N–H and O–H groups in total. The van der Waals surface area contributed by atoms with E-state index in [1.165, 1.54) is 5.01 Å². The van der Waals surface area contributed by atoms with Crippen LogP contribution in [0.2, 0.25) is 5.02 Å². The summed E-state index contributed by atoms with van der Waals surface area (Å²) in [6, 6.07) is 14.8. The van der Waals surface area contributed by atoms with Crippen molar-refractivity contribution in [3.05, 3.63) is 71.4 Å². The fraction of sp³-hybridized carbons (Fsp3) is 0.0588. The average Bonchev–Trinajstić information content (AvgIpc) is 2.84. The third-order valence-corrected chi connectivity index (χ3v) is 3.93. The van der Waals surface area contributed by atoms with Crippen molar-refractivity contribution in [2.75, 3.05) is 10.4 Å². The smallest absolute Gasteiger partial charge is 0.289 e. The first-order valence-electron chi connectivity index (χ1n) is 7.02. The molecule has 1 aliphatic heterocycles. The number of para-hydroxylation sites is 1. The molecule has 1 saturated heterocycles. The third-order valence-electron chi connectivity index (χ3n) is 3.43. The maximum atomic E-state index is 12.5. The standard InChI is InChI=1S/C17H15ClN4O/c1-11-7-6-10-14(15(11)18)19-20-16-12(2)21-22(17(16)23)13-8-4-3-5-9-13/h3-10,19,21H,2H2,1H3. The molecule has 1 amide bonds. The fourth-order valence-corrected chi connectivity index (χ4v) is 2.37. The molecule has 0 atom stereocenters. The zero-order chi connectivity index (χ0) is 16.4. The highest BCUT2D eigenvalue weighted by atomic mass is 35.5. The first-order chi connectivity index (χ1) is 11.1. The van der Waals surface area contributed by atoms with E-state index in [0.29, 0.717) is 16.4 Å². The number of hydrogen-bond donors (Lipinski definition) is 2. The summed E-state index contributed by atoms with van der Waals surface area (Å²) in [6.07, 6.45) is 0. The molecule has 5 nitrogen and oxygen atoms in total. The van der Waals surface area contributed by atoms with Crippen molar-refractivity contribution in [3.63, 3.8) is 0 Å². The van der Waals surface area contributed by atoms with Gasteiger partial charge in [0, 0.05) is 0 Å². The zero-order valence-electron chi connectivity index (χ0n) is 12.5. The molecule has 0 spiro atoms. The number of carbonyl (C=O) groups is 1. The lowest BCUT2D eigenvalue weighted by Crippen LogP contribution is -2.34. The van der Waals surface area contributed by atoms with Crippen LogP contribution in [-0.4, -0.2) is 11.6 Å². The van der Waals surface area contributed by atoms with Gasteiger partial charge in [0.05, 0.1) is 22.1 Å². The maximum absolute atomic E-state index is 12.5. The summed E-state index contributed by atoms with van der Waals surface area (Å²) >= 11 is 6.21. The third kappa shape index (κ3) is 2.91. The van der Waals surface area contributed by atoms with Gasteiger partial charge in [0.25, 0.3) is 5.91 Å². The van der Waals surface area contributed by atoms with Crippen molar-refractivity contribution in [2.24, 2.45) is 5.10 Å². The van der Waals surface area contributed by atoms with Crippen LogP contribution in [0, 0.1) is 6.92 Å². The Morgan fingerprint density at radius 2 is 1.91 bits per heavy atom. The second-order valence-corrected chi connectivity index (χ2v) is 5.45. The Labute approximate surface area is 139 Å². The Bertz CT molecular complexity index is 801. The van der Waals surface area contributed by atoms with Crippen LogP contribution < -0.4 is 15.9 Å². The lowest BCUT2D eigenvalue weighted by Gasteiger charge is -2.14. The maximum Gasteiger partial charge on any atom is 0.299 e. The normalized spacial score (nSPS) is 15.9. The van der Waals surface area contributed by atoms with Gasteiger partial charge in [-0.2, -0.15) is 5.10 Å². The van der Waals surface area contributed by atoms with E-state index in [9.17, 15) is 4.79 Å². The van der Waals surface area contributed by atoms with Crippen molar-refractivity contribution in [1.29, 1.82) is 0 Å². The molecule has 23 heavy (non-hydrogen) atoms. The van der Waals surface area contributed by atoms with E-state index in [2.05, 4.69) is 22.5 Å². The number of amides is 1. The van der Waals surface area contributed by atoms with E-state index in [-0.39, 0.29) is 11.6 Å². The van der Waals surface area contributed by atoms with Gasteiger partial charge in [-0.05, 0) is 30.7 Å². The molecule has 0 radical (unpaired) electrons. The van der Waals surface area contributed by atoms with Crippen LogP contribution in [0.25, 0.3) is 0 Å². The zero-order valence-corrected chi connectivity index (χ0v) is 13.3. The van der Waals surface area contributed by atoms with Crippen LogP contribution in [0.15, 0.2) is 65.9 Å². The molecule has 0 aliphatic carbocycles. The number of nitrogens with zero attached hydrogens (tertiary/aromatic N) is 2. The number of anilines is 2. The Hall–Kier alpha value is -2.79. The summed E-state index contributed by atoms with van der Waals surface area (Å²) in [5.74, 6) is -0.280. The number of hydrazine groups is 1. The molecule has 0 bridgehead atoms. The second kappa shape index (κ2) is 6.14. The van der Waals surface area contributed by atoms with E-state index < -0.39 is 0 Å². The first-order valence-corrected chi connectivity index (χ1v) is 7.40. The van der Waals surface area contributed by atoms with Crippen molar-refractivity contribution < 1.29 is 4.79 Å². The van der Waals surface area contributed by atoms with Crippen molar-refractivity contribution >= 4 is 34.6 Å². The summed E-state index contributed by atoms with van der Waals surface area (Å²) in [4.78, 5) is 12.5. The molecule has 1 fully saturated rings. The van der Waals surface area contributed by atoms with Crippen LogP contribution >= 0.6 is 11.6 Å². The molecule has 116 valence electrons. The quantitative estimate of drug-likeness (QED) is 0.849. The molecule has 2 aromatic rings. The molecule has 0 saturated carbocycles. The first kappa shape index (κ1) is 15.1. The lowest BCUT2D eigenvalue weighted by atomic mass is 10.2. The van der Waals surface area contributed by atoms with Gasteiger partial charge >= 0.3 is 0 Å². The number of nitrogens with one attached hydrogen (secondary N) is 2. The van der Waals surface area contributed by atoms with E-state index in [1.807, 2.05) is 49.4 Å². The van der Waals surface area contributed by atoms with Crippen LogP contribution in [0.3, 0.4) is 0 Å². The highest BCUT2D eigenvalue weighted by molar-refractivity contribution is 6.51. The van der Waals surface area contributed by atoms with Gasteiger partial charge in [-0.25, -0.2) is 5.01 Å². The number of rotatable bonds is 3. The van der Waals surface area contributed by atoms with Crippen LogP contribution in [-0.2, 0) is 4.79 Å². The Balaban J connectivity index is 1.84. The van der Waals surface area contributed by atoms with Crippen molar-refractivity contribution in [3.8, 4) is 0 Å². The van der Waals surface area contributed by atoms with E-state index in [0.717, 1.165) is 11.3 Å². The van der Waals surface area contributed by atoms with Gasteiger partial charge in [0.2, 0.25) is 0 Å². The van der Waals surface area contributed by atoms with Gasteiger partial charge in [-0.3, -0.25) is 15.6 Å². The summed E-state index contributed by atoms with van der Waals surface area (Å²) in [7, 11) is 0. The van der Waals surface area contributed by atoms with Gasteiger partial charge in [-0.15, -0.1) is 0 Å². The van der Waals surface area contributed by atoms with E-state index in [4.69, 9.17) is 11.6 Å². The Morgan fingerprint density at radius 1 is 1.17 bits per heavy atom. The minimum Gasteiger partial charge on any atom is -0.289 e.